The van der Waals surface area contributed by atoms with Crippen molar-refractivity contribution in [2.75, 3.05) is 20.2 Å². The summed E-state index contributed by atoms with van der Waals surface area (Å²) in [7, 11) is 1.62. The molecule has 1 unspecified atom stereocenters. The van der Waals surface area contributed by atoms with Crippen LogP contribution >= 0.6 is 11.3 Å². The van der Waals surface area contributed by atoms with Gasteiger partial charge in [0.05, 0.1) is 17.4 Å². The number of carbonyl (C=O) groups is 2. The van der Waals surface area contributed by atoms with Crippen molar-refractivity contribution in [1.82, 2.24) is 4.90 Å². The molecule has 1 aromatic heterocycles. The van der Waals surface area contributed by atoms with Gasteiger partial charge >= 0.3 is 5.97 Å². The summed E-state index contributed by atoms with van der Waals surface area (Å²) in [6, 6.07) is 5.77. The number of thiophene rings is 1. The van der Waals surface area contributed by atoms with Crippen LogP contribution in [0, 0.1) is 12.3 Å². The van der Waals surface area contributed by atoms with Gasteiger partial charge in [0.2, 0.25) is 0 Å². The molecular formula is C17H19NO4S. The van der Waals surface area contributed by atoms with Crippen LogP contribution in [0.25, 0.3) is 10.1 Å². The third kappa shape index (κ3) is 2.57. The summed E-state index contributed by atoms with van der Waals surface area (Å²) in [6.45, 7) is 4.38. The number of aliphatic carboxylic acids is 1. The summed E-state index contributed by atoms with van der Waals surface area (Å²) >= 11 is 1.45. The first-order chi connectivity index (χ1) is 10.9. The van der Waals surface area contributed by atoms with Crippen LogP contribution in [0.4, 0.5) is 0 Å². The second-order valence-corrected chi connectivity index (χ2v) is 7.31. The van der Waals surface area contributed by atoms with E-state index in [9.17, 15) is 14.7 Å². The highest BCUT2D eigenvalue weighted by molar-refractivity contribution is 7.21. The van der Waals surface area contributed by atoms with Gasteiger partial charge in [-0.15, -0.1) is 11.3 Å². The summed E-state index contributed by atoms with van der Waals surface area (Å²) in [5.41, 5.74) is 0.0848. The molecule has 1 N–H and O–H groups in total. The molecule has 0 aliphatic carbocycles. The normalized spacial score (nSPS) is 20.9. The maximum Gasteiger partial charge on any atom is 0.311 e. The number of hydrogen-bond acceptors (Lipinski definition) is 4. The third-order valence-electron chi connectivity index (χ3n) is 4.61. The smallest absolute Gasteiger partial charge is 0.311 e. The number of rotatable bonds is 3. The van der Waals surface area contributed by atoms with Crippen LogP contribution < -0.4 is 4.74 Å². The van der Waals surface area contributed by atoms with Crippen molar-refractivity contribution in [1.29, 1.82) is 0 Å². The first-order valence-corrected chi connectivity index (χ1v) is 8.27. The second kappa shape index (κ2) is 5.53. The Morgan fingerprint density at radius 3 is 2.74 bits per heavy atom. The highest BCUT2D eigenvalue weighted by Gasteiger charge is 2.42. The van der Waals surface area contributed by atoms with Crippen LogP contribution in [-0.2, 0) is 4.79 Å². The van der Waals surface area contributed by atoms with Crippen molar-refractivity contribution in [3.63, 3.8) is 0 Å². The largest absolute Gasteiger partial charge is 0.497 e. The summed E-state index contributed by atoms with van der Waals surface area (Å²) in [4.78, 5) is 26.5. The van der Waals surface area contributed by atoms with Crippen molar-refractivity contribution in [3.8, 4) is 5.75 Å². The van der Waals surface area contributed by atoms with Gasteiger partial charge in [-0.2, -0.15) is 0 Å². The maximum atomic E-state index is 12.8. The molecule has 1 atom stereocenters. The molecule has 6 heteroatoms. The number of hydrogen-bond donors (Lipinski definition) is 1. The van der Waals surface area contributed by atoms with E-state index in [1.807, 2.05) is 25.1 Å². The number of aryl methyl sites for hydroxylation is 1. The number of carboxylic acid groups (broad SMARTS) is 1. The lowest BCUT2D eigenvalue weighted by Crippen LogP contribution is -2.34. The number of ether oxygens (including phenoxy) is 1. The Hall–Kier alpha value is -2.08. The summed E-state index contributed by atoms with van der Waals surface area (Å²) in [5, 5.41) is 10.3. The lowest BCUT2D eigenvalue weighted by Gasteiger charge is -2.20. The molecule has 1 fully saturated rings. The first kappa shape index (κ1) is 15.8. The average molecular weight is 333 g/mol. The van der Waals surface area contributed by atoms with Gasteiger partial charge in [-0.05, 0) is 49.4 Å². The van der Waals surface area contributed by atoms with E-state index in [0.717, 1.165) is 21.4 Å². The van der Waals surface area contributed by atoms with Crippen LogP contribution in [0.15, 0.2) is 18.2 Å². The Kier molecular flexibility index (Phi) is 3.80. The molecule has 3 rings (SSSR count). The Morgan fingerprint density at radius 1 is 1.39 bits per heavy atom. The number of likely N-dealkylation sites (tertiary alicyclic amines) is 1. The number of nitrogens with zero attached hydrogens (tertiary/aromatic N) is 1. The van der Waals surface area contributed by atoms with Gasteiger partial charge in [0.25, 0.3) is 5.91 Å². The van der Waals surface area contributed by atoms with Gasteiger partial charge in [-0.25, -0.2) is 0 Å². The van der Waals surface area contributed by atoms with Gasteiger partial charge in [-0.1, -0.05) is 0 Å². The van der Waals surface area contributed by atoms with E-state index in [0.29, 0.717) is 17.8 Å². The molecular weight excluding hydrogens is 314 g/mol. The number of benzene rings is 1. The Bertz CT molecular complexity index is 797. The molecule has 23 heavy (non-hydrogen) atoms. The zero-order valence-electron chi connectivity index (χ0n) is 13.4. The van der Waals surface area contributed by atoms with Crippen LogP contribution in [0.2, 0.25) is 0 Å². The molecule has 1 aromatic carbocycles. The van der Waals surface area contributed by atoms with Crippen LogP contribution in [0.5, 0.6) is 5.75 Å². The standard InChI is InChI=1S/C17H19NO4S/c1-10-12-8-11(22-3)4-5-13(12)23-14(10)15(19)18-7-6-17(2,9-18)16(20)21/h4-5,8H,6-7,9H2,1-3H3,(H,20,21). The van der Waals surface area contributed by atoms with E-state index in [-0.39, 0.29) is 12.5 Å². The maximum absolute atomic E-state index is 12.8. The van der Waals surface area contributed by atoms with E-state index in [4.69, 9.17) is 4.74 Å². The minimum absolute atomic E-state index is 0.0763. The molecule has 2 aromatic rings. The Morgan fingerprint density at radius 2 is 2.13 bits per heavy atom. The molecule has 0 bridgehead atoms. The minimum atomic E-state index is -0.844. The molecule has 1 saturated heterocycles. The zero-order valence-corrected chi connectivity index (χ0v) is 14.2. The molecule has 1 amide bonds. The molecule has 0 spiro atoms. The van der Waals surface area contributed by atoms with Crippen LogP contribution in [-0.4, -0.2) is 42.1 Å². The quantitative estimate of drug-likeness (QED) is 0.937. The van der Waals surface area contributed by atoms with E-state index in [2.05, 4.69) is 0 Å². The molecule has 1 aliphatic rings. The van der Waals surface area contributed by atoms with Gasteiger partial charge in [0, 0.05) is 17.8 Å². The minimum Gasteiger partial charge on any atom is -0.497 e. The molecule has 122 valence electrons. The SMILES string of the molecule is COc1ccc2sc(C(=O)N3CCC(C)(C(=O)O)C3)c(C)c2c1. The predicted molar refractivity (Wildman–Crippen MR) is 89.4 cm³/mol. The molecule has 1 aliphatic heterocycles. The van der Waals surface area contributed by atoms with E-state index >= 15 is 0 Å². The molecule has 5 nitrogen and oxygen atoms in total. The first-order valence-electron chi connectivity index (χ1n) is 7.45. The Balaban J connectivity index is 1.93. The number of fused-ring (bicyclic) bond motifs is 1. The monoisotopic (exact) mass is 333 g/mol. The number of carbonyl (C=O) groups excluding carboxylic acids is 1. The fourth-order valence-corrected chi connectivity index (χ4v) is 4.14. The van der Waals surface area contributed by atoms with E-state index in [1.165, 1.54) is 11.3 Å². The molecule has 0 radical (unpaired) electrons. The van der Waals surface area contributed by atoms with E-state index < -0.39 is 11.4 Å². The number of amides is 1. The second-order valence-electron chi connectivity index (χ2n) is 6.26. The highest BCUT2D eigenvalue weighted by atomic mass is 32.1. The fourth-order valence-electron chi connectivity index (χ4n) is 2.98. The fraction of sp³-hybridized carbons (Fsp3) is 0.412. The molecule has 2 heterocycles. The molecule has 0 saturated carbocycles. The van der Waals surface area contributed by atoms with Crippen molar-refractivity contribution in [2.45, 2.75) is 20.3 Å². The van der Waals surface area contributed by atoms with Gasteiger partial charge in [-0.3, -0.25) is 9.59 Å². The van der Waals surface area contributed by atoms with Crippen LogP contribution in [0.3, 0.4) is 0 Å². The van der Waals surface area contributed by atoms with Crippen molar-refractivity contribution in [3.05, 3.63) is 28.6 Å². The van der Waals surface area contributed by atoms with E-state index in [1.54, 1.807) is 18.9 Å². The van der Waals surface area contributed by atoms with Crippen molar-refractivity contribution < 1.29 is 19.4 Å². The van der Waals surface area contributed by atoms with Crippen LogP contribution in [0.1, 0.15) is 28.6 Å². The summed E-state index contributed by atoms with van der Waals surface area (Å²) in [6.07, 6.45) is 0.492. The average Bonchev–Trinajstić information content (AvgIpc) is 3.09. The van der Waals surface area contributed by atoms with Gasteiger partial charge < -0.3 is 14.7 Å². The zero-order chi connectivity index (χ0) is 16.8. The van der Waals surface area contributed by atoms with Crippen molar-refractivity contribution >= 4 is 33.3 Å². The highest BCUT2D eigenvalue weighted by Crippen LogP contribution is 2.36. The number of methoxy groups -OCH3 is 1. The third-order valence-corrected chi connectivity index (χ3v) is 5.88. The van der Waals surface area contributed by atoms with Gasteiger partial charge in [0.1, 0.15) is 5.75 Å². The summed E-state index contributed by atoms with van der Waals surface area (Å²) < 4.78 is 6.28. The lowest BCUT2D eigenvalue weighted by atomic mass is 9.90. The van der Waals surface area contributed by atoms with Gasteiger partial charge in [0.15, 0.2) is 0 Å². The topological polar surface area (TPSA) is 66.8 Å². The number of carboxylic acids is 1. The van der Waals surface area contributed by atoms with Crippen molar-refractivity contribution in [2.24, 2.45) is 5.41 Å². The lowest BCUT2D eigenvalue weighted by molar-refractivity contribution is -0.147. The Labute approximate surface area is 138 Å². The predicted octanol–water partition coefficient (Wildman–Crippen LogP) is 3.16. The summed E-state index contributed by atoms with van der Waals surface area (Å²) in [5.74, 6) is -0.157.